The molecule has 164 valence electrons. The van der Waals surface area contributed by atoms with E-state index in [1.165, 1.54) is 0 Å². The lowest BCUT2D eigenvalue weighted by Crippen LogP contribution is -2.36. The zero-order valence-corrected chi connectivity index (χ0v) is 17.5. The highest BCUT2D eigenvalue weighted by atomic mass is 16.5. The maximum absolute atomic E-state index is 13.3. The van der Waals surface area contributed by atoms with Gasteiger partial charge in [-0.25, -0.2) is 4.79 Å². The summed E-state index contributed by atoms with van der Waals surface area (Å²) in [5.41, 5.74) is 2.42. The van der Waals surface area contributed by atoms with Crippen LogP contribution in [0.25, 0.3) is 0 Å². The minimum absolute atomic E-state index is 0.0197. The van der Waals surface area contributed by atoms with Gasteiger partial charge in [-0.2, -0.15) is 0 Å². The molecule has 0 unspecified atom stereocenters. The van der Waals surface area contributed by atoms with Crippen LogP contribution in [-0.2, 0) is 9.59 Å². The number of hydrogen-bond donors (Lipinski definition) is 1. The summed E-state index contributed by atoms with van der Waals surface area (Å²) in [6.45, 7) is 1.10. The van der Waals surface area contributed by atoms with Crippen LogP contribution in [0.2, 0.25) is 0 Å². The van der Waals surface area contributed by atoms with E-state index in [0.717, 1.165) is 17.1 Å². The number of carboxylic acids is 1. The number of carbonyl (C=O) groups excluding carboxylic acids is 1. The Kier molecular flexibility index (Phi) is 6.55. The van der Waals surface area contributed by atoms with Gasteiger partial charge in [0.25, 0.3) is 0 Å². The number of hydrogen-bond acceptors (Lipinski definition) is 5. The molecule has 7 nitrogen and oxygen atoms in total. The largest absolute Gasteiger partial charge is 0.486 e. The highest BCUT2D eigenvalue weighted by Crippen LogP contribution is 2.40. The van der Waals surface area contributed by atoms with Crippen LogP contribution < -0.4 is 19.3 Å². The van der Waals surface area contributed by atoms with Crippen LogP contribution >= 0.6 is 0 Å². The van der Waals surface area contributed by atoms with Crippen LogP contribution in [0.4, 0.5) is 17.1 Å². The molecule has 0 fully saturated rings. The number of fused-ring (bicyclic) bond motifs is 1. The molecule has 1 heterocycles. The number of anilines is 3. The molecule has 32 heavy (non-hydrogen) atoms. The Morgan fingerprint density at radius 2 is 1.59 bits per heavy atom. The maximum atomic E-state index is 13.3. The molecule has 4 rings (SSSR count). The number of para-hydroxylation sites is 3. The minimum atomic E-state index is -1.05. The third-order valence-corrected chi connectivity index (χ3v) is 5.13. The number of ether oxygens (including phenoxy) is 2. The molecule has 0 aliphatic carbocycles. The van der Waals surface area contributed by atoms with Crippen molar-refractivity contribution in [3.8, 4) is 11.5 Å². The van der Waals surface area contributed by atoms with Crippen molar-refractivity contribution in [3.05, 3.63) is 78.9 Å². The third kappa shape index (κ3) is 4.83. The molecule has 1 amide bonds. The number of rotatable bonds is 8. The van der Waals surface area contributed by atoms with Gasteiger partial charge in [0, 0.05) is 24.3 Å². The van der Waals surface area contributed by atoms with E-state index < -0.39 is 12.6 Å². The van der Waals surface area contributed by atoms with E-state index in [1.54, 1.807) is 17.0 Å². The van der Waals surface area contributed by atoms with Gasteiger partial charge in [0.2, 0.25) is 5.91 Å². The first-order valence-electron chi connectivity index (χ1n) is 10.4. The van der Waals surface area contributed by atoms with Crippen molar-refractivity contribution in [1.82, 2.24) is 0 Å². The van der Waals surface area contributed by atoms with Gasteiger partial charge in [0.05, 0.1) is 12.2 Å². The molecule has 0 bridgehead atoms. The Morgan fingerprint density at radius 1 is 0.938 bits per heavy atom. The second-order valence-electron chi connectivity index (χ2n) is 7.27. The SMILES string of the molecule is O=C(O)COc1cccc2c1OCCN2CCC(=O)N(c1ccccc1)c1ccccc1. The Hall–Kier alpha value is -4.00. The van der Waals surface area contributed by atoms with Gasteiger partial charge in [-0.15, -0.1) is 0 Å². The van der Waals surface area contributed by atoms with E-state index in [-0.39, 0.29) is 5.91 Å². The fourth-order valence-corrected chi connectivity index (χ4v) is 3.70. The molecule has 1 aliphatic heterocycles. The average Bonchev–Trinajstić information content (AvgIpc) is 2.83. The second kappa shape index (κ2) is 9.87. The highest BCUT2D eigenvalue weighted by molar-refractivity contribution is 6.00. The van der Waals surface area contributed by atoms with Crippen molar-refractivity contribution in [3.63, 3.8) is 0 Å². The fraction of sp³-hybridized carbons (Fsp3) is 0.200. The number of nitrogens with zero attached hydrogens (tertiary/aromatic N) is 2. The van der Waals surface area contributed by atoms with Gasteiger partial charge >= 0.3 is 5.97 Å². The molecular weight excluding hydrogens is 408 g/mol. The molecule has 1 aliphatic rings. The lowest BCUT2D eigenvalue weighted by Gasteiger charge is -2.32. The molecule has 0 saturated carbocycles. The molecule has 3 aromatic rings. The van der Waals surface area contributed by atoms with Crippen molar-refractivity contribution in [1.29, 1.82) is 0 Å². The summed E-state index contributed by atoms with van der Waals surface area (Å²) in [7, 11) is 0. The summed E-state index contributed by atoms with van der Waals surface area (Å²) < 4.78 is 11.1. The maximum Gasteiger partial charge on any atom is 0.341 e. The average molecular weight is 432 g/mol. The third-order valence-electron chi connectivity index (χ3n) is 5.13. The van der Waals surface area contributed by atoms with Crippen LogP contribution in [0.15, 0.2) is 78.9 Å². The number of carboxylic acid groups (broad SMARTS) is 1. The lowest BCUT2D eigenvalue weighted by atomic mass is 10.2. The molecule has 0 aromatic heterocycles. The Bertz CT molecular complexity index is 1030. The fourth-order valence-electron chi connectivity index (χ4n) is 3.70. The van der Waals surface area contributed by atoms with Crippen LogP contribution in [0.5, 0.6) is 11.5 Å². The quantitative estimate of drug-likeness (QED) is 0.577. The van der Waals surface area contributed by atoms with Crippen LogP contribution in [0, 0.1) is 0 Å². The Morgan fingerprint density at radius 3 is 2.22 bits per heavy atom. The smallest absolute Gasteiger partial charge is 0.341 e. The summed E-state index contributed by atoms with van der Waals surface area (Å²) in [5.74, 6) is -0.178. The van der Waals surface area contributed by atoms with Gasteiger partial charge < -0.3 is 19.5 Å². The first kappa shape index (κ1) is 21.2. The van der Waals surface area contributed by atoms with E-state index in [1.807, 2.05) is 66.7 Å². The Labute approximate surface area is 186 Å². The molecular formula is C25H24N2O5. The summed E-state index contributed by atoms with van der Waals surface area (Å²) in [6, 6.07) is 24.5. The topological polar surface area (TPSA) is 79.3 Å². The van der Waals surface area contributed by atoms with Crippen LogP contribution in [0.3, 0.4) is 0 Å². The number of carbonyl (C=O) groups is 2. The number of aliphatic carboxylic acids is 1. The van der Waals surface area contributed by atoms with E-state index in [0.29, 0.717) is 37.6 Å². The van der Waals surface area contributed by atoms with Gasteiger partial charge in [0.1, 0.15) is 6.61 Å². The van der Waals surface area contributed by atoms with Crippen molar-refractivity contribution in [2.24, 2.45) is 0 Å². The molecule has 1 N–H and O–H groups in total. The number of benzene rings is 3. The summed E-state index contributed by atoms with van der Waals surface area (Å²) in [4.78, 5) is 28.0. The zero-order chi connectivity index (χ0) is 22.3. The first-order chi connectivity index (χ1) is 15.6. The summed E-state index contributed by atoms with van der Waals surface area (Å²) in [6.07, 6.45) is 0.295. The molecule has 3 aromatic carbocycles. The standard InChI is InChI=1S/C25H24N2O5/c28-23(27(19-8-3-1-4-9-19)20-10-5-2-6-11-20)14-15-26-16-17-31-25-21(26)12-7-13-22(25)32-18-24(29)30/h1-13H,14-18H2,(H,29,30). The Balaban J connectivity index is 1.51. The van der Waals surface area contributed by atoms with Crippen molar-refractivity contribution in [2.45, 2.75) is 6.42 Å². The molecule has 7 heteroatoms. The molecule has 0 spiro atoms. The van der Waals surface area contributed by atoms with Crippen molar-refractivity contribution < 1.29 is 24.2 Å². The van der Waals surface area contributed by atoms with Gasteiger partial charge in [0.15, 0.2) is 18.1 Å². The summed E-state index contributed by atoms with van der Waals surface area (Å²) >= 11 is 0. The second-order valence-corrected chi connectivity index (χ2v) is 7.27. The van der Waals surface area contributed by atoms with Gasteiger partial charge in [-0.3, -0.25) is 9.69 Å². The van der Waals surface area contributed by atoms with Crippen LogP contribution in [-0.4, -0.2) is 43.3 Å². The van der Waals surface area contributed by atoms with E-state index >= 15 is 0 Å². The van der Waals surface area contributed by atoms with E-state index in [4.69, 9.17) is 14.6 Å². The monoisotopic (exact) mass is 432 g/mol. The zero-order valence-electron chi connectivity index (χ0n) is 17.5. The van der Waals surface area contributed by atoms with Crippen molar-refractivity contribution in [2.75, 3.05) is 36.1 Å². The normalized spacial score (nSPS) is 12.4. The lowest BCUT2D eigenvalue weighted by molar-refractivity contribution is -0.139. The van der Waals surface area contributed by atoms with Gasteiger partial charge in [-0.05, 0) is 36.4 Å². The van der Waals surface area contributed by atoms with Crippen molar-refractivity contribution >= 4 is 28.9 Å². The number of amides is 1. The molecule has 0 radical (unpaired) electrons. The predicted molar refractivity (Wildman–Crippen MR) is 122 cm³/mol. The first-order valence-corrected chi connectivity index (χ1v) is 10.4. The molecule has 0 atom stereocenters. The van der Waals surface area contributed by atoms with Gasteiger partial charge in [-0.1, -0.05) is 42.5 Å². The van der Waals surface area contributed by atoms with Crippen LogP contribution in [0.1, 0.15) is 6.42 Å². The highest BCUT2D eigenvalue weighted by Gasteiger charge is 2.24. The van der Waals surface area contributed by atoms with E-state index in [9.17, 15) is 9.59 Å². The predicted octanol–water partition coefficient (Wildman–Crippen LogP) is 4.10. The minimum Gasteiger partial charge on any atom is -0.486 e. The molecule has 0 saturated heterocycles. The summed E-state index contributed by atoms with van der Waals surface area (Å²) in [5, 5.41) is 8.90. The van der Waals surface area contributed by atoms with E-state index in [2.05, 4.69) is 4.90 Å².